The normalized spacial score (nSPS) is 34.3. The summed E-state index contributed by atoms with van der Waals surface area (Å²) in [5.74, 6) is 0.324. The molecule has 0 N–H and O–H groups in total. The second-order valence-corrected chi connectivity index (χ2v) is 5.04. The largest absolute Gasteiger partial charge is 0.299 e. The molecule has 1 saturated carbocycles. The van der Waals surface area contributed by atoms with Crippen LogP contribution in [0.1, 0.15) is 51.4 Å². The Hall–Kier alpha value is -0.550. The van der Waals surface area contributed by atoms with Crippen LogP contribution < -0.4 is 0 Å². The van der Waals surface area contributed by atoms with E-state index in [1.165, 1.54) is 58.0 Å². The summed E-state index contributed by atoms with van der Waals surface area (Å²) in [7, 11) is 0. The van der Waals surface area contributed by atoms with Gasteiger partial charge in [-0.2, -0.15) is 5.26 Å². The van der Waals surface area contributed by atoms with Crippen molar-refractivity contribution < 1.29 is 0 Å². The molecule has 1 aliphatic heterocycles. The Bertz CT molecular complexity index is 223. The zero-order valence-electron chi connectivity index (χ0n) is 9.62. The second-order valence-electron chi connectivity index (χ2n) is 5.04. The lowest BCUT2D eigenvalue weighted by Crippen LogP contribution is -2.39. The third kappa shape index (κ3) is 2.72. The zero-order chi connectivity index (χ0) is 10.5. The van der Waals surface area contributed by atoms with Crippen molar-refractivity contribution in [3.63, 3.8) is 0 Å². The maximum absolute atomic E-state index is 9.12. The molecule has 0 aromatic heterocycles. The number of likely N-dealkylation sites (tertiary alicyclic amines) is 1. The van der Waals surface area contributed by atoms with Gasteiger partial charge in [0.15, 0.2) is 0 Å². The minimum absolute atomic E-state index is 0.324. The molecule has 2 fully saturated rings. The molecule has 2 heteroatoms. The molecule has 84 valence electrons. The smallest absolute Gasteiger partial charge is 0.0672 e. The topological polar surface area (TPSA) is 27.0 Å². The Kier molecular flexibility index (Phi) is 4.02. The minimum Gasteiger partial charge on any atom is -0.299 e. The molecule has 0 amide bonds. The molecule has 2 atom stereocenters. The third-order valence-corrected chi connectivity index (χ3v) is 4.00. The number of hydrogen-bond acceptors (Lipinski definition) is 2. The van der Waals surface area contributed by atoms with Gasteiger partial charge in [-0.15, -0.1) is 0 Å². The highest BCUT2D eigenvalue weighted by atomic mass is 15.2. The van der Waals surface area contributed by atoms with E-state index in [0.29, 0.717) is 12.0 Å². The fourth-order valence-corrected chi connectivity index (χ4v) is 3.13. The molecule has 0 bridgehead atoms. The van der Waals surface area contributed by atoms with Crippen LogP contribution >= 0.6 is 0 Å². The summed E-state index contributed by atoms with van der Waals surface area (Å²) in [6.07, 6.45) is 10.5. The first-order valence-electron chi connectivity index (χ1n) is 6.55. The summed E-state index contributed by atoms with van der Waals surface area (Å²) in [4.78, 5) is 2.61. The maximum Gasteiger partial charge on any atom is 0.0672 e. The van der Waals surface area contributed by atoms with Crippen molar-refractivity contribution in [2.75, 3.05) is 13.1 Å². The van der Waals surface area contributed by atoms with Crippen molar-refractivity contribution in [1.29, 1.82) is 5.26 Å². The van der Waals surface area contributed by atoms with E-state index in [2.05, 4.69) is 11.0 Å². The molecule has 0 aromatic carbocycles. The standard InChI is InChI=1S/C13H22N2/c14-11-12-7-6-8-13(12)15-9-4-2-1-3-5-10-15/h12-13H,1-10H2. The third-order valence-electron chi connectivity index (χ3n) is 4.00. The summed E-state index contributed by atoms with van der Waals surface area (Å²) in [6.45, 7) is 2.48. The molecule has 2 unspecified atom stereocenters. The van der Waals surface area contributed by atoms with E-state index in [1.807, 2.05) is 0 Å². The van der Waals surface area contributed by atoms with Crippen molar-refractivity contribution in [3.05, 3.63) is 0 Å². The summed E-state index contributed by atoms with van der Waals surface area (Å²) in [5, 5.41) is 9.12. The lowest BCUT2D eigenvalue weighted by atomic mass is 10.0. The van der Waals surface area contributed by atoms with E-state index >= 15 is 0 Å². The van der Waals surface area contributed by atoms with E-state index in [9.17, 15) is 0 Å². The summed E-state index contributed by atoms with van der Waals surface area (Å²) >= 11 is 0. The van der Waals surface area contributed by atoms with Gasteiger partial charge in [0.05, 0.1) is 12.0 Å². The number of nitriles is 1. The van der Waals surface area contributed by atoms with E-state index in [4.69, 9.17) is 5.26 Å². The van der Waals surface area contributed by atoms with E-state index in [1.54, 1.807) is 0 Å². The average Bonchev–Trinajstić information content (AvgIpc) is 2.65. The van der Waals surface area contributed by atoms with Crippen LogP contribution in [0.2, 0.25) is 0 Å². The van der Waals surface area contributed by atoms with Gasteiger partial charge in [-0.25, -0.2) is 0 Å². The molecule has 1 aliphatic carbocycles. The van der Waals surface area contributed by atoms with Crippen LogP contribution in [0.15, 0.2) is 0 Å². The first-order chi connectivity index (χ1) is 7.42. The molecule has 0 radical (unpaired) electrons. The highest BCUT2D eigenvalue weighted by Gasteiger charge is 2.31. The van der Waals surface area contributed by atoms with Gasteiger partial charge >= 0.3 is 0 Å². The summed E-state index contributed by atoms with van der Waals surface area (Å²) in [5.41, 5.74) is 0. The first kappa shape index (κ1) is 11.0. The van der Waals surface area contributed by atoms with Crippen LogP contribution in [0.25, 0.3) is 0 Å². The second kappa shape index (κ2) is 5.51. The predicted molar refractivity (Wildman–Crippen MR) is 61.4 cm³/mol. The quantitative estimate of drug-likeness (QED) is 0.659. The predicted octanol–water partition coefficient (Wildman–Crippen LogP) is 2.94. The molecule has 0 spiro atoms. The van der Waals surface area contributed by atoms with Crippen LogP contribution in [0.4, 0.5) is 0 Å². The molecule has 2 rings (SSSR count). The van der Waals surface area contributed by atoms with Crippen molar-refractivity contribution >= 4 is 0 Å². The fourth-order valence-electron chi connectivity index (χ4n) is 3.13. The molecular weight excluding hydrogens is 184 g/mol. The lowest BCUT2D eigenvalue weighted by Gasteiger charge is -2.32. The van der Waals surface area contributed by atoms with Crippen molar-refractivity contribution in [2.24, 2.45) is 5.92 Å². The number of nitrogens with zero attached hydrogens (tertiary/aromatic N) is 2. The van der Waals surface area contributed by atoms with Crippen LogP contribution in [-0.2, 0) is 0 Å². The van der Waals surface area contributed by atoms with E-state index < -0.39 is 0 Å². The van der Waals surface area contributed by atoms with Crippen molar-refractivity contribution in [2.45, 2.75) is 57.4 Å². The van der Waals surface area contributed by atoms with Gasteiger partial charge in [0.25, 0.3) is 0 Å². The molecule has 1 heterocycles. The minimum atomic E-state index is 0.324. The Morgan fingerprint density at radius 1 is 0.867 bits per heavy atom. The highest BCUT2D eigenvalue weighted by molar-refractivity contribution is 4.97. The van der Waals surface area contributed by atoms with Gasteiger partial charge in [-0.3, -0.25) is 4.90 Å². The van der Waals surface area contributed by atoms with Crippen molar-refractivity contribution in [3.8, 4) is 6.07 Å². The Morgan fingerprint density at radius 3 is 2.20 bits per heavy atom. The first-order valence-corrected chi connectivity index (χ1v) is 6.55. The fraction of sp³-hybridized carbons (Fsp3) is 0.923. The molecule has 2 aliphatic rings. The van der Waals surface area contributed by atoms with E-state index in [0.717, 1.165) is 6.42 Å². The summed E-state index contributed by atoms with van der Waals surface area (Å²) < 4.78 is 0. The molecule has 2 nitrogen and oxygen atoms in total. The molecule has 1 saturated heterocycles. The lowest BCUT2D eigenvalue weighted by molar-refractivity contribution is 0.163. The van der Waals surface area contributed by atoms with Crippen molar-refractivity contribution in [1.82, 2.24) is 4.90 Å². The van der Waals surface area contributed by atoms with Crippen LogP contribution in [0, 0.1) is 17.2 Å². The Morgan fingerprint density at radius 2 is 1.53 bits per heavy atom. The maximum atomic E-state index is 9.12. The number of rotatable bonds is 1. The molecular formula is C13H22N2. The SMILES string of the molecule is N#CC1CCCC1N1CCCCCCC1. The number of hydrogen-bond donors (Lipinski definition) is 0. The Balaban J connectivity index is 1.92. The van der Waals surface area contributed by atoms with Crippen LogP contribution in [-0.4, -0.2) is 24.0 Å². The monoisotopic (exact) mass is 206 g/mol. The van der Waals surface area contributed by atoms with E-state index in [-0.39, 0.29) is 0 Å². The summed E-state index contributed by atoms with van der Waals surface area (Å²) in [6, 6.07) is 3.10. The highest BCUT2D eigenvalue weighted by Crippen LogP contribution is 2.30. The van der Waals surface area contributed by atoms with Crippen LogP contribution in [0.5, 0.6) is 0 Å². The van der Waals surface area contributed by atoms with Gasteiger partial charge in [0.1, 0.15) is 0 Å². The van der Waals surface area contributed by atoms with Crippen LogP contribution in [0.3, 0.4) is 0 Å². The molecule has 0 aromatic rings. The van der Waals surface area contributed by atoms with Gasteiger partial charge in [0, 0.05) is 6.04 Å². The van der Waals surface area contributed by atoms with Gasteiger partial charge in [0.2, 0.25) is 0 Å². The Labute approximate surface area is 93.3 Å². The average molecular weight is 206 g/mol. The van der Waals surface area contributed by atoms with Gasteiger partial charge < -0.3 is 0 Å². The van der Waals surface area contributed by atoms with Gasteiger partial charge in [-0.05, 0) is 38.8 Å². The van der Waals surface area contributed by atoms with Gasteiger partial charge in [-0.1, -0.05) is 25.7 Å². The molecule has 15 heavy (non-hydrogen) atoms. The zero-order valence-corrected chi connectivity index (χ0v) is 9.62.